The molecule has 11 heteroatoms. The Kier molecular flexibility index (Phi) is 7.81. The molecule has 2 aromatic carbocycles. The number of nitrogens with zero attached hydrogens (tertiary/aromatic N) is 1. The second-order valence-electron chi connectivity index (χ2n) is 12.1. The lowest BCUT2D eigenvalue weighted by Gasteiger charge is -2.28. The van der Waals surface area contributed by atoms with Crippen LogP contribution in [0.25, 0.3) is 5.57 Å². The molecule has 2 heterocycles. The van der Waals surface area contributed by atoms with Crippen molar-refractivity contribution in [1.82, 2.24) is 15.0 Å². The molecule has 3 atom stereocenters. The molecule has 7 rings (SSSR count). The third kappa shape index (κ3) is 6.17. The fourth-order valence-corrected chi connectivity index (χ4v) is 7.31. The molecule has 2 saturated carbocycles. The van der Waals surface area contributed by atoms with Crippen molar-refractivity contribution in [1.29, 1.82) is 0 Å². The number of hydrogen-bond acceptors (Lipinski definition) is 9. The summed E-state index contributed by atoms with van der Waals surface area (Å²) in [4.78, 5) is 31.5. The molecule has 0 saturated heterocycles. The molecule has 0 radical (unpaired) electrons. The maximum Gasteiger partial charge on any atom is 0.239 e. The maximum atomic E-state index is 14.2. The van der Waals surface area contributed by atoms with Crippen LogP contribution < -0.4 is 14.8 Å². The molecule has 3 aliphatic carbocycles. The lowest BCUT2D eigenvalue weighted by molar-refractivity contribution is -0.128. The number of fused-ring (bicyclic) bond motifs is 2. The van der Waals surface area contributed by atoms with Crippen LogP contribution in [0.4, 0.5) is 0 Å². The number of ether oxygens (including phenoxy) is 3. The number of aryl methyl sites for hydroxylation is 1. The molecule has 3 unspecified atom stereocenters. The first kappa shape index (κ1) is 29.8. The largest absolute Gasteiger partial charge is 0.496 e. The third-order valence-electron chi connectivity index (χ3n) is 8.56. The van der Waals surface area contributed by atoms with Gasteiger partial charge in [0.05, 0.1) is 43.2 Å². The van der Waals surface area contributed by atoms with Crippen molar-refractivity contribution in [3.05, 3.63) is 99.9 Å². The van der Waals surface area contributed by atoms with E-state index in [0.29, 0.717) is 22.4 Å². The Morgan fingerprint density at radius 2 is 1.73 bits per heavy atom. The van der Waals surface area contributed by atoms with Gasteiger partial charge in [0, 0.05) is 28.5 Å². The summed E-state index contributed by atoms with van der Waals surface area (Å²) in [5.41, 5.74) is 5.59. The molecule has 45 heavy (non-hydrogen) atoms. The molecule has 0 spiro atoms. The number of hydrogen-bond donors (Lipinski definition) is 2. The standard InChI is InChI=1S/C34H35N3O7S/c1-19-16-20(18-45(40,41)37-27(38)17-21-6-3-4-8-26(21)42-2)9-14-24(19)31-28-29(34(36-31)44-23-12-13-23)30-25(7-5-15-35-30)33(32(28)39)43-22-10-11-22/h3-9,14-16,22-23,31,33-34,36H,10-13,17-18H2,1-2H3,(H,37,38). The van der Waals surface area contributed by atoms with Gasteiger partial charge in [-0.15, -0.1) is 0 Å². The van der Waals surface area contributed by atoms with Crippen molar-refractivity contribution < 1.29 is 32.2 Å². The second kappa shape index (κ2) is 11.8. The van der Waals surface area contributed by atoms with Crippen molar-refractivity contribution in [2.75, 3.05) is 7.11 Å². The minimum Gasteiger partial charge on any atom is -0.496 e. The van der Waals surface area contributed by atoms with Crippen LogP contribution in [-0.2, 0) is 41.3 Å². The van der Waals surface area contributed by atoms with Gasteiger partial charge in [-0.2, -0.15) is 0 Å². The van der Waals surface area contributed by atoms with Crippen LogP contribution in [0.2, 0.25) is 0 Å². The molecule has 0 bridgehead atoms. The topological polar surface area (TPSA) is 133 Å². The number of carbonyl (C=O) groups excluding carboxylic acids is 2. The zero-order valence-corrected chi connectivity index (χ0v) is 25.9. The fraction of sp³-hybridized carbons (Fsp3) is 0.382. The summed E-state index contributed by atoms with van der Waals surface area (Å²) >= 11 is 0. The normalized spacial score (nSPS) is 22.6. The van der Waals surface area contributed by atoms with Crippen LogP contribution >= 0.6 is 0 Å². The Morgan fingerprint density at radius 1 is 0.978 bits per heavy atom. The number of methoxy groups -OCH3 is 1. The highest BCUT2D eigenvalue weighted by molar-refractivity contribution is 7.89. The Balaban J connectivity index is 1.14. The molecule has 2 fully saturated rings. The Bertz CT molecular complexity index is 1810. The number of nitrogens with one attached hydrogen (secondary N) is 2. The first-order valence-electron chi connectivity index (χ1n) is 15.3. The lowest BCUT2D eigenvalue weighted by Crippen LogP contribution is -2.33. The number of sulfonamides is 1. The number of benzene rings is 2. The Hall–Kier alpha value is -3.90. The molecule has 10 nitrogen and oxygen atoms in total. The summed E-state index contributed by atoms with van der Waals surface area (Å²) < 4.78 is 46.0. The molecule has 4 aliphatic rings. The number of para-hydroxylation sites is 1. The van der Waals surface area contributed by atoms with E-state index in [0.717, 1.165) is 53.6 Å². The van der Waals surface area contributed by atoms with Crippen LogP contribution in [0, 0.1) is 6.92 Å². The fourth-order valence-electron chi connectivity index (χ4n) is 6.20. The van der Waals surface area contributed by atoms with Crippen molar-refractivity contribution in [2.45, 2.75) is 75.4 Å². The van der Waals surface area contributed by atoms with Gasteiger partial charge in [-0.25, -0.2) is 8.42 Å². The van der Waals surface area contributed by atoms with E-state index >= 15 is 0 Å². The number of ketones is 1. The smallest absolute Gasteiger partial charge is 0.239 e. The number of amides is 1. The molecule has 3 aromatic rings. The summed E-state index contributed by atoms with van der Waals surface area (Å²) in [6.45, 7) is 1.89. The van der Waals surface area contributed by atoms with Gasteiger partial charge in [-0.05, 0) is 61.4 Å². The van der Waals surface area contributed by atoms with E-state index in [-0.39, 0.29) is 30.2 Å². The van der Waals surface area contributed by atoms with E-state index in [1.54, 1.807) is 42.6 Å². The van der Waals surface area contributed by atoms with E-state index in [9.17, 15) is 18.0 Å². The first-order chi connectivity index (χ1) is 21.7. The number of carbonyl (C=O) groups is 2. The minimum absolute atomic E-state index is 0.0682. The van der Waals surface area contributed by atoms with Crippen molar-refractivity contribution in [3.8, 4) is 5.75 Å². The Labute approximate surface area is 262 Å². The lowest BCUT2D eigenvalue weighted by atomic mass is 9.82. The van der Waals surface area contributed by atoms with Crippen molar-refractivity contribution in [2.24, 2.45) is 0 Å². The molecule has 234 valence electrons. The molecular weight excluding hydrogens is 594 g/mol. The van der Waals surface area contributed by atoms with Gasteiger partial charge in [0.2, 0.25) is 15.9 Å². The highest BCUT2D eigenvalue weighted by Crippen LogP contribution is 2.49. The number of rotatable bonds is 11. The second-order valence-corrected chi connectivity index (χ2v) is 13.8. The van der Waals surface area contributed by atoms with Crippen molar-refractivity contribution >= 4 is 27.3 Å². The number of aromatic nitrogens is 1. The monoisotopic (exact) mass is 629 g/mol. The van der Waals surface area contributed by atoms with Gasteiger partial charge < -0.3 is 14.2 Å². The zero-order chi connectivity index (χ0) is 31.3. The molecule has 1 aliphatic heterocycles. The van der Waals surface area contributed by atoms with E-state index in [2.05, 4.69) is 10.0 Å². The predicted octanol–water partition coefficient (Wildman–Crippen LogP) is 3.99. The Morgan fingerprint density at radius 3 is 2.47 bits per heavy atom. The van der Waals surface area contributed by atoms with Gasteiger partial charge in [0.25, 0.3) is 0 Å². The highest BCUT2D eigenvalue weighted by atomic mass is 32.2. The first-order valence-corrected chi connectivity index (χ1v) is 16.9. The maximum absolute atomic E-state index is 14.2. The molecule has 1 aromatic heterocycles. The van der Waals surface area contributed by atoms with Crippen LogP contribution in [0.5, 0.6) is 5.75 Å². The number of pyridine rings is 1. The van der Waals surface area contributed by atoms with Gasteiger partial charge >= 0.3 is 0 Å². The summed E-state index contributed by atoms with van der Waals surface area (Å²) in [6, 6.07) is 15.6. The average molecular weight is 630 g/mol. The zero-order valence-electron chi connectivity index (χ0n) is 25.1. The van der Waals surface area contributed by atoms with E-state index in [1.165, 1.54) is 7.11 Å². The average Bonchev–Trinajstić information content (AvgIpc) is 3.94. The van der Waals surface area contributed by atoms with Crippen LogP contribution in [-0.4, -0.2) is 50.6 Å². The summed E-state index contributed by atoms with van der Waals surface area (Å²) in [5.74, 6) is -0.600. The SMILES string of the molecule is COc1ccccc1CC(=O)NS(=O)(=O)Cc1ccc(C2NC(OC3CC3)C3=C2C(=O)C(OC2CC2)c2cccnc23)c(C)c1. The van der Waals surface area contributed by atoms with Gasteiger partial charge in [-0.3, -0.25) is 24.6 Å². The summed E-state index contributed by atoms with van der Waals surface area (Å²) in [6.07, 6.45) is 4.37. The molecular formula is C34H35N3O7S. The number of Topliss-reactive ketones (excluding diaryl/α,β-unsaturated/α-hetero) is 1. The predicted molar refractivity (Wildman–Crippen MR) is 165 cm³/mol. The van der Waals surface area contributed by atoms with Crippen LogP contribution in [0.15, 0.2) is 66.4 Å². The van der Waals surface area contributed by atoms with Gasteiger partial charge in [0.15, 0.2) is 5.78 Å². The molecule has 2 N–H and O–H groups in total. The van der Waals surface area contributed by atoms with Gasteiger partial charge in [0.1, 0.15) is 18.1 Å². The highest BCUT2D eigenvalue weighted by Gasteiger charge is 2.49. The van der Waals surface area contributed by atoms with Crippen LogP contribution in [0.1, 0.15) is 71.3 Å². The van der Waals surface area contributed by atoms with E-state index < -0.39 is 34.3 Å². The summed E-state index contributed by atoms with van der Waals surface area (Å²) in [7, 11) is -2.48. The van der Waals surface area contributed by atoms with E-state index in [1.807, 2.05) is 25.1 Å². The van der Waals surface area contributed by atoms with E-state index in [4.69, 9.17) is 19.2 Å². The third-order valence-corrected chi connectivity index (χ3v) is 9.81. The van der Waals surface area contributed by atoms with Crippen molar-refractivity contribution in [3.63, 3.8) is 0 Å². The minimum atomic E-state index is -3.98. The van der Waals surface area contributed by atoms with Gasteiger partial charge in [-0.1, -0.05) is 42.5 Å². The summed E-state index contributed by atoms with van der Waals surface area (Å²) in [5, 5.41) is 3.55. The quantitative estimate of drug-likeness (QED) is 0.323. The van der Waals surface area contributed by atoms with Crippen LogP contribution in [0.3, 0.4) is 0 Å². The molecule has 1 amide bonds.